The first-order valence-electron chi connectivity index (χ1n) is 10.1. The van der Waals surface area contributed by atoms with Crippen molar-refractivity contribution in [3.05, 3.63) is 34.9 Å². The molecule has 3 N–H and O–H groups in total. The number of benzene rings is 1. The van der Waals surface area contributed by atoms with Gasteiger partial charge in [0.2, 0.25) is 11.8 Å². The van der Waals surface area contributed by atoms with Crippen molar-refractivity contribution in [2.24, 2.45) is 17.6 Å². The second-order valence-corrected chi connectivity index (χ2v) is 8.39. The molecule has 0 saturated carbocycles. The summed E-state index contributed by atoms with van der Waals surface area (Å²) in [5.74, 6) is 0.455. The van der Waals surface area contributed by atoms with E-state index in [1.807, 2.05) is 12.1 Å². The number of carbonyl (C=O) groups is 3. The van der Waals surface area contributed by atoms with Crippen LogP contribution in [0.15, 0.2) is 18.2 Å². The lowest BCUT2D eigenvalue weighted by Gasteiger charge is -2.36. The Morgan fingerprint density at radius 1 is 1.21 bits per heavy atom. The van der Waals surface area contributed by atoms with E-state index in [1.54, 1.807) is 4.90 Å². The van der Waals surface area contributed by atoms with E-state index >= 15 is 0 Å². The zero-order valence-corrected chi connectivity index (χ0v) is 16.3. The average Bonchev–Trinajstić information content (AvgIpc) is 2.98. The molecule has 2 saturated heterocycles. The second-order valence-electron chi connectivity index (χ2n) is 8.39. The first-order chi connectivity index (χ1) is 13.5. The molecule has 3 unspecified atom stereocenters. The maximum Gasteiger partial charge on any atom is 0.255 e. The molecule has 3 atom stereocenters. The Hall–Kier alpha value is -2.25. The molecular weight excluding hydrogens is 356 g/mol. The van der Waals surface area contributed by atoms with Gasteiger partial charge in [-0.25, -0.2) is 0 Å². The molecule has 0 aliphatic carbocycles. The molecule has 28 heavy (non-hydrogen) atoms. The van der Waals surface area contributed by atoms with Gasteiger partial charge in [-0.15, -0.1) is 0 Å². The SMILES string of the molecule is CC1CN(Cc2ccc3c(c2)CN(C2CCC(=O)NC2=O)C3=O)CCC1CN. The number of hydrogen-bond donors (Lipinski definition) is 2. The van der Waals surface area contributed by atoms with Crippen LogP contribution in [0.1, 0.15) is 47.7 Å². The topological polar surface area (TPSA) is 95.7 Å². The molecule has 0 spiro atoms. The van der Waals surface area contributed by atoms with Crippen LogP contribution < -0.4 is 11.1 Å². The van der Waals surface area contributed by atoms with Gasteiger partial charge in [0, 0.05) is 31.6 Å². The predicted octanol–water partition coefficient (Wildman–Crippen LogP) is 0.864. The van der Waals surface area contributed by atoms with Gasteiger partial charge < -0.3 is 10.6 Å². The van der Waals surface area contributed by atoms with Gasteiger partial charge in [0.1, 0.15) is 6.04 Å². The van der Waals surface area contributed by atoms with Gasteiger partial charge in [-0.05, 0) is 55.0 Å². The number of hydrogen-bond acceptors (Lipinski definition) is 5. The number of carbonyl (C=O) groups excluding carboxylic acids is 3. The van der Waals surface area contributed by atoms with Crippen LogP contribution in [0.3, 0.4) is 0 Å². The number of nitrogens with zero attached hydrogens (tertiary/aromatic N) is 2. The van der Waals surface area contributed by atoms with Crippen LogP contribution in [0, 0.1) is 11.8 Å². The van der Waals surface area contributed by atoms with Crippen LogP contribution in [0.2, 0.25) is 0 Å². The van der Waals surface area contributed by atoms with Crippen LogP contribution >= 0.6 is 0 Å². The zero-order valence-electron chi connectivity index (χ0n) is 16.3. The molecule has 1 aromatic rings. The Labute approximate surface area is 165 Å². The highest BCUT2D eigenvalue weighted by Gasteiger charge is 2.39. The Kier molecular flexibility index (Phi) is 5.21. The van der Waals surface area contributed by atoms with Gasteiger partial charge in [-0.1, -0.05) is 19.1 Å². The van der Waals surface area contributed by atoms with E-state index in [0.29, 0.717) is 30.4 Å². The normalized spacial score (nSPS) is 28.4. The molecule has 4 rings (SSSR count). The van der Waals surface area contributed by atoms with Gasteiger partial charge in [0.05, 0.1) is 0 Å². The summed E-state index contributed by atoms with van der Waals surface area (Å²) in [6, 6.07) is 5.44. The van der Waals surface area contributed by atoms with Crippen molar-refractivity contribution in [2.75, 3.05) is 19.6 Å². The van der Waals surface area contributed by atoms with Crippen LogP contribution in [-0.2, 0) is 22.7 Å². The first-order valence-corrected chi connectivity index (χ1v) is 10.1. The summed E-state index contributed by atoms with van der Waals surface area (Å²) < 4.78 is 0. The van der Waals surface area contributed by atoms with Gasteiger partial charge >= 0.3 is 0 Å². The minimum absolute atomic E-state index is 0.117. The minimum Gasteiger partial charge on any atom is -0.330 e. The molecule has 0 bridgehead atoms. The van der Waals surface area contributed by atoms with Crippen molar-refractivity contribution < 1.29 is 14.4 Å². The summed E-state index contributed by atoms with van der Waals surface area (Å²) in [4.78, 5) is 40.4. The third-order valence-corrected chi connectivity index (χ3v) is 6.46. The summed E-state index contributed by atoms with van der Waals surface area (Å²) in [7, 11) is 0. The summed E-state index contributed by atoms with van der Waals surface area (Å²) in [5, 5.41) is 2.34. The smallest absolute Gasteiger partial charge is 0.255 e. The molecule has 3 amide bonds. The van der Waals surface area contributed by atoms with E-state index in [-0.39, 0.29) is 24.1 Å². The Morgan fingerprint density at radius 2 is 2.04 bits per heavy atom. The van der Waals surface area contributed by atoms with E-state index in [1.165, 1.54) is 5.56 Å². The summed E-state index contributed by atoms with van der Waals surface area (Å²) >= 11 is 0. The average molecular weight is 384 g/mol. The molecule has 1 aromatic carbocycles. The standard InChI is InChI=1S/C21H28N4O3/c1-13-10-24(7-6-15(13)9-22)11-14-2-3-17-16(8-14)12-25(21(17)28)18-4-5-19(26)23-20(18)27/h2-3,8,13,15,18H,4-7,9-12,22H2,1H3,(H,23,26,27). The van der Waals surface area contributed by atoms with Crippen molar-refractivity contribution in [1.29, 1.82) is 0 Å². The van der Waals surface area contributed by atoms with E-state index in [9.17, 15) is 14.4 Å². The minimum atomic E-state index is -0.558. The molecule has 7 nitrogen and oxygen atoms in total. The number of nitrogens with two attached hydrogens (primary N) is 1. The lowest BCUT2D eigenvalue weighted by atomic mass is 9.87. The monoisotopic (exact) mass is 384 g/mol. The van der Waals surface area contributed by atoms with Crippen LogP contribution in [0.5, 0.6) is 0 Å². The number of likely N-dealkylation sites (tertiary alicyclic amines) is 1. The zero-order chi connectivity index (χ0) is 19.8. The van der Waals surface area contributed by atoms with Crippen molar-refractivity contribution >= 4 is 17.7 Å². The van der Waals surface area contributed by atoms with Crippen molar-refractivity contribution in [2.45, 2.75) is 45.3 Å². The predicted molar refractivity (Wildman–Crippen MR) is 104 cm³/mol. The fourth-order valence-corrected chi connectivity index (χ4v) is 4.76. The molecule has 3 aliphatic heterocycles. The maximum atomic E-state index is 12.8. The second kappa shape index (κ2) is 7.64. The van der Waals surface area contributed by atoms with E-state index in [4.69, 9.17) is 5.73 Å². The van der Waals surface area contributed by atoms with Gasteiger partial charge in [0.15, 0.2) is 0 Å². The van der Waals surface area contributed by atoms with E-state index < -0.39 is 6.04 Å². The molecule has 2 fully saturated rings. The third kappa shape index (κ3) is 3.56. The molecule has 3 heterocycles. The highest BCUT2D eigenvalue weighted by molar-refractivity contribution is 6.05. The number of nitrogens with one attached hydrogen (secondary N) is 1. The lowest BCUT2D eigenvalue weighted by molar-refractivity contribution is -0.136. The van der Waals surface area contributed by atoms with Crippen molar-refractivity contribution in [3.63, 3.8) is 0 Å². The molecular formula is C21H28N4O3. The maximum absolute atomic E-state index is 12.8. The number of imide groups is 1. The van der Waals surface area contributed by atoms with E-state index in [0.717, 1.165) is 38.2 Å². The van der Waals surface area contributed by atoms with Gasteiger partial charge in [-0.2, -0.15) is 0 Å². The number of amides is 3. The third-order valence-electron chi connectivity index (χ3n) is 6.46. The van der Waals surface area contributed by atoms with Crippen LogP contribution in [0.25, 0.3) is 0 Å². The Bertz CT molecular complexity index is 809. The van der Waals surface area contributed by atoms with Crippen molar-refractivity contribution in [3.8, 4) is 0 Å². The highest BCUT2D eigenvalue weighted by Crippen LogP contribution is 2.29. The van der Waals surface area contributed by atoms with E-state index in [2.05, 4.69) is 23.2 Å². The molecule has 7 heteroatoms. The van der Waals surface area contributed by atoms with Gasteiger partial charge in [-0.3, -0.25) is 24.6 Å². The van der Waals surface area contributed by atoms with Crippen molar-refractivity contribution in [1.82, 2.24) is 15.1 Å². The molecule has 0 radical (unpaired) electrons. The van der Waals surface area contributed by atoms with Crippen LogP contribution in [0.4, 0.5) is 0 Å². The highest BCUT2D eigenvalue weighted by atomic mass is 16.2. The molecule has 3 aliphatic rings. The summed E-state index contributed by atoms with van der Waals surface area (Å²) in [6.45, 7) is 6.40. The molecule has 150 valence electrons. The van der Waals surface area contributed by atoms with Crippen LogP contribution in [-0.4, -0.2) is 53.2 Å². The number of rotatable bonds is 4. The quantitative estimate of drug-likeness (QED) is 0.751. The first kappa shape index (κ1) is 19.1. The largest absolute Gasteiger partial charge is 0.330 e. The fourth-order valence-electron chi connectivity index (χ4n) is 4.76. The molecule has 0 aromatic heterocycles. The fraction of sp³-hybridized carbons (Fsp3) is 0.571. The number of fused-ring (bicyclic) bond motifs is 1. The van der Waals surface area contributed by atoms with Gasteiger partial charge in [0.25, 0.3) is 5.91 Å². The lowest BCUT2D eigenvalue weighted by Crippen LogP contribution is -2.52. The summed E-state index contributed by atoms with van der Waals surface area (Å²) in [6.07, 6.45) is 1.80. The Balaban J connectivity index is 1.44. The Morgan fingerprint density at radius 3 is 2.75 bits per heavy atom. The number of piperidine rings is 2. The summed E-state index contributed by atoms with van der Waals surface area (Å²) in [5.41, 5.74) is 8.69.